The Balaban J connectivity index is 1.89. The van der Waals surface area contributed by atoms with E-state index in [-0.39, 0.29) is 12.1 Å². The van der Waals surface area contributed by atoms with Gasteiger partial charge in [0.1, 0.15) is 0 Å². The van der Waals surface area contributed by atoms with Gasteiger partial charge in [0.05, 0.1) is 5.69 Å². The van der Waals surface area contributed by atoms with Crippen LogP contribution in [0.5, 0.6) is 0 Å². The van der Waals surface area contributed by atoms with Gasteiger partial charge < -0.3 is 15.3 Å². The lowest BCUT2D eigenvalue weighted by molar-refractivity contribution is 0.238. The lowest BCUT2D eigenvalue weighted by Gasteiger charge is -2.22. The smallest absolute Gasteiger partial charge is 0.195 e. The normalized spacial score (nSPS) is 19.8. The molecule has 1 unspecified atom stereocenters. The van der Waals surface area contributed by atoms with Gasteiger partial charge in [-0.15, -0.1) is 11.3 Å². The zero-order valence-corrected chi connectivity index (χ0v) is 13.8. The van der Waals surface area contributed by atoms with E-state index in [1.807, 2.05) is 0 Å². The summed E-state index contributed by atoms with van der Waals surface area (Å²) < 4.78 is 2.19. The van der Waals surface area contributed by atoms with Gasteiger partial charge in [0.25, 0.3) is 0 Å². The Kier molecular flexibility index (Phi) is 3.94. The molecule has 0 aromatic carbocycles. The molecule has 1 aliphatic heterocycles. The van der Waals surface area contributed by atoms with Gasteiger partial charge in [-0.3, -0.25) is 4.40 Å². The van der Waals surface area contributed by atoms with E-state index < -0.39 is 0 Å². The molecule has 3 heterocycles. The molecule has 1 saturated heterocycles. The largest absolute Gasteiger partial charge is 0.396 e. The number of hydrogen-bond donors (Lipinski definition) is 2. The number of anilines is 1. The van der Waals surface area contributed by atoms with Crippen LogP contribution in [0.4, 0.5) is 5.82 Å². The highest BCUT2D eigenvalue weighted by atomic mass is 32.1. The molecule has 3 rings (SSSR count). The van der Waals surface area contributed by atoms with Gasteiger partial charge in [0.15, 0.2) is 10.8 Å². The number of hydrogen-bond acceptors (Lipinski definition) is 5. The highest BCUT2D eigenvalue weighted by Gasteiger charge is 2.27. The Morgan fingerprint density at radius 2 is 2.29 bits per heavy atom. The molecule has 0 radical (unpaired) electrons. The molecule has 1 fully saturated rings. The highest BCUT2D eigenvalue weighted by Crippen LogP contribution is 2.29. The predicted molar refractivity (Wildman–Crippen MR) is 87.1 cm³/mol. The van der Waals surface area contributed by atoms with Gasteiger partial charge in [-0.2, -0.15) is 0 Å². The van der Waals surface area contributed by atoms with E-state index >= 15 is 0 Å². The average Bonchev–Trinajstić information content (AvgIpc) is 3.10. The molecule has 0 amide bonds. The summed E-state index contributed by atoms with van der Waals surface area (Å²) in [6.45, 7) is 9.50. The number of aliphatic hydroxyl groups excluding tert-OH is 1. The van der Waals surface area contributed by atoms with E-state index in [4.69, 9.17) is 4.98 Å². The molecule has 1 atom stereocenters. The van der Waals surface area contributed by atoms with Crippen molar-refractivity contribution >= 4 is 22.1 Å². The minimum Gasteiger partial charge on any atom is -0.396 e. The second kappa shape index (κ2) is 5.59. The fraction of sp³-hybridized carbons (Fsp3) is 0.667. The molecular weight excluding hydrogens is 284 g/mol. The summed E-state index contributed by atoms with van der Waals surface area (Å²) in [4.78, 5) is 8.17. The first kappa shape index (κ1) is 14.8. The maximum absolute atomic E-state index is 9.35. The van der Waals surface area contributed by atoms with Crippen LogP contribution in [-0.2, 0) is 6.54 Å². The molecule has 0 bridgehead atoms. The van der Waals surface area contributed by atoms with Crippen molar-refractivity contribution < 1.29 is 5.11 Å². The van der Waals surface area contributed by atoms with Crippen molar-refractivity contribution in [2.45, 2.75) is 39.3 Å². The molecule has 0 saturated carbocycles. The fourth-order valence-electron chi connectivity index (χ4n) is 2.76. The maximum Gasteiger partial charge on any atom is 0.195 e. The first-order valence-corrected chi connectivity index (χ1v) is 8.41. The summed E-state index contributed by atoms with van der Waals surface area (Å²) in [5.41, 5.74) is 1.30. The van der Waals surface area contributed by atoms with Crippen molar-refractivity contribution in [3.8, 4) is 0 Å². The number of aliphatic hydroxyl groups is 1. The maximum atomic E-state index is 9.35. The van der Waals surface area contributed by atoms with Gasteiger partial charge in [0.2, 0.25) is 0 Å². The van der Waals surface area contributed by atoms with Crippen molar-refractivity contribution in [2.24, 2.45) is 5.92 Å². The second-order valence-electron chi connectivity index (χ2n) is 6.82. The first-order chi connectivity index (χ1) is 9.98. The minimum absolute atomic E-state index is 0.0795. The average molecular weight is 308 g/mol. The number of nitrogens with one attached hydrogen (secondary N) is 1. The van der Waals surface area contributed by atoms with Crippen molar-refractivity contribution in [3.63, 3.8) is 0 Å². The van der Waals surface area contributed by atoms with Crippen LogP contribution in [0.1, 0.15) is 32.9 Å². The van der Waals surface area contributed by atoms with Gasteiger partial charge >= 0.3 is 0 Å². The number of imidazole rings is 1. The summed E-state index contributed by atoms with van der Waals surface area (Å²) in [6, 6.07) is 0. The molecule has 116 valence electrons. The third-order valence-electron chi connectivity index (χ3n) is 3.97. The quantitative estimate of drug-likeness (QED) is 0.908. The van der Waals surface area contributed by atoms with E-state index in [2.05, 4.69) is 47.0 Å². The number of aromatic nitrogens is 2. The van der Waals surface area contributed by atoms with Gasteiger partial charge in [-0.25, -0.2) is 4.98 Å². The van der Waals surface area contributed by atoms with Crippen LogP contribution in [0.25, 0.3) is 4.96 Å². The molecule has 6 heteroatoms. The van der Waals surface area contributed by atoms with Crippen LogP contribution in [-0.4, -0.2) is 39.7 Å². The molecule has 0 aliphatic carbocycles. The molecule has 21 heavy (non-hydrogen) atoms. The summed E-state index contributed by atoms with van der Waals surface area (Å²) in [5, 5.41) is 15.0. The first-order valence-electron chi connectivity index (χ1n) is 7.53. The van der Waals surface area contributed by atoms with Gasteiger partial charge in [0, 0.05) is 49.3 Å². The van der Waals surface area contributed by atoms with Gasteiger partial charge in [-0.1, -0.05) is 0 Å². The van der Waals surface area contributed by atoms with Crippen LogP contribution in [0, 0.1) is 5.92 Å². The SMILES string of the molecule is CC(C)(C)NCc1c(N2CCC(CO)C2)nc2sccn12. The summed E-state index contributed by atoms with van der Waals surface area (Å²) >= 11 is 1.67. The summed E-state index contributed by atoms with van der Waals surface area (Å²) in [5.74, 6) is 1.46. The Hall–Kier alpha value is -1.11. The van der Waals surface area contributed by atoms with Crippen LogP contribution in [0.15, 0.2) is 11.6 Å². The van der Waals surface area contributed by atoms with Crippen LogP contribution in [0.3, 0.4) is 0 Å². The highest BCUT2D eigenvalue weighted by molar-refractivity contribution is 7.15. The van der Waals surface area contributed by atoms with E-state index in [0.29, 0.717) is 5.92 Å². The zero-order valence-electron chi connectivity index (χ0n) is 13.0. The van der Waals surface area contributed by atoms with Crippen LogP contribution in [0.2, 0.25) is 0 Å². The third-order valence-corrected chi connectivity index (χ3v) is 4.73. The van der Waals surface area contributed by atoms with Crippen molar-refractivity contribution in [1.29, 1.82) is 0 Å². The second-order valence-corrected chi connectivity index (χ2v) is 7.70. The molecular formula is C15H24N4OS. The minimum atomic E-state index is 0.0795. The Morgan fingerprint density at radius 3 is 2.95 bits per heavy atom. The number of thiazole rings is 1. The summed E-state index contributed by atoms with van der Waals surface area (Å²) in [7, 11) is 0. The molecule has 0 spiro atoms. The molecule has 2 N–H and O–H groups in total. The fourth-order valence-corrected chi connectivity index (χ4v) is 3.49. The Bertz CT molecular complexity index is 613. The molecule has 2 aromatic heterocycles. The van der Waals surface area contributed by atoms with Crippen molar-refractivity contribution in [2.75, 3.05) is 24.6 Å². The van der Waals surface area contributed by atoms with Crippen LogP contribution >= 0.6 is 11.3 Å². The standard InChI is InChI=1S/C15H24N4OS/c1-15(2,3)16-8-12-13(17-14-19(12)6-7-21-14)18-5-4-11(9-18)10-20/h6-7,11,16,20H,4-5,8-10H2,1-3H3. The van der Waals surface area contributed by atoms with E-state index in [1.165, 1.54) is 5.69 Å². The third kappa shape index (κ3) is 3.07. The zero-order chi connectivity index (χ0) is 15.0. The summed E-state index contributed by atoms with van der Waals surface area (Å²) in [6.07, 6.45) is 3.14. The monoisotopic (exact) mass is 308 g/mol. The number of fused-ring (bicyclic) bond motifs is 1. The van der Waals surface area contributed by atoms with E-state index in [0.717, 1.165) is 36.8 Å². The van der Waals surface area contributed by atoms with Crippen molar-refractivity contribution in [1.82, 2.24) is 14.7 Å². The van der Waals surface area contributed by atoms with Crippen molar-refractivity contribution in [3.05, 3.63) is 17.3 Å². The van der Waals surface area contributed by atoms with E-state index in [9.17, 15) is 5.11 Å². The molecule has 2 aromatic rings. The lowest BCUT2D eigenvalue weighted by Crippen LogP contribution is -2.36. The van der Waals surface area contributed by atoms with Crippen LogP contribution < -0.4 is 10.2 Å². The topological polar surface area (TPSA) is 52.8 Å². The molecule has 5 nitrogen and oxygen atoms in total. The van der Waals surface area contributed by atoms with E-state index in [1.54, 1.807) is 11.3 Å². The Labute approximate surface area is 129 Å². The predicted octanol–water partition coefficient (Wildman–Crippen LogP) is 2.10. The molecule has 1 aliphatic rings. The number of nitrogens with zero attached hydrogens (tertiary/aromatic N) is 3. The lowest BCUT2D eigenvalue weighted by atomic mass is 10.1. The van der Waals surface area contributed by atoms with Gasteiger partial charge in [-0.05, 0) is 27.2 Å². The number of rotatable bonds is 4. The Morgan fingerprint density at radius 1 is 1.48 bits per heavy atom.